The number of amides is 1. The molecule has 2 aliphatic heterocycles. The van der Waals surface area contributed by atoms with Gasteiger partial charge in [0.2, 0.25) is 0 Å². The SMILES string of the molecule is CC=C1NC(=O)C(C)=CN1C1OC(COC(=O)c2ccc(-c3ccccc3)cc2)C(C)C1C. The minimum absolute atomic E-state index is 0.109. The lowest BCUT2D eigenvalue weighted by atomic mass is 9.92. The fraction of sp³-hybridized carbons (Fsp3) is 0.333. The summed E-state index contributed by atoms with van der Waals surface area (Å²) >= 11 is 0. The van der Waals surface area contributed by atoms with Gasteiger partial charge >= 0.3 is 5.97 Å². The minimum atomic E-state index is -0.364. The summed E-state index contributed by atoms with van der Waals surface area (Å²) in [5.74, 6) is 0.574. The molecule has 0 aliphatic carbocycles. The summed E-state index contributed by atoms with van der Waals surface area (Å²) in [4.78, 5) is 26.6. The lowest BCUT2D eigenvalue weighted by Gasteiger charge is -2.35. The molecule has 0 spiro atoms. The Hall–Kier alpha value is -3.38. The second kappa shape index (κ2) is 9.63. The molecule has 4 unspecified atom stereocenters. The Morgan fingerprint density at radius 3 is 2.39 bits per heavy atom. The molecule has 6 nitrogen and oxygen atoms in total. The summed E-state index contributed by atoms with van der Waals surface area (Å²) in [5, 5.41) is 2.90. The predicted molar refractivity (Wildman–Crippen MR) is 127 cm³/mol. The summed E-state index contributed by atoms with van der Waals surface area (Å²) in [6, 6.07) is 17.5. The van der Waals surface area contributed by atoms with Crippen LogP contribution in [-0.4, -0.2) is 35.7 Å². The number of rotatable bonds is 5. The van der Waals surface area contributed by atoms with Crippen molar-refractivity contribution in [2.45, 2.75) is 40.0 Å². The van der Waals surface area contributed by atoms with Crippen LogP contribution in [0.25, 0.3) is 11.1 Å². The van der Waals surface area contributed by atoms with Gasteiger partial charge in [-0.25, -0.2) is 4.79 Å². The van der Waals surface area contributed by atoms with Crippen molar-refractivity contribution in [3.05, 3.63) is 83.8 Å². The third-order valence-electron chi connectivity index (χ3n) is 6.54. The lowest BCUT2D eigenvalue weighted by Crippen LogP contribution is -2.45. The molecule has 0 radical (unpaired) electrons. The minimum Gasteiger partial charge on any atom is -0.459 e. The quantitative estimate of drug-likeness (QED) is 0.674. The number of hydrogen-bond acceptors (Lipinski definition) is 5. The van der Waals surface area contributed by atoms with Crippen LogP contribution >= 0.6 is 0 Å². The van der Waals surface area contributed by atoms with E-state index < -0.39 is 0 Å². The van der Waals surface area contributed by atoms with E-state index >= 15 is 0 Å². The average molecular weight is 447 g/mol. The third kappa shape index (κ3) is 4.71. The molecule has 1 saturated heterocycles. The third-order valence-corrected chi connectivity index (χ3v) is 6.54. The van der Waals surface area contributed by atoms with Crippen LogP contribution in [0.1, 0.15) is 38.1 Å². The van der Waals surface area contributed by atoms with Crippen molar-refractivity contribution in [1.82, 2.24) is 10.2 Å². The maximum Gasteiger partial charge on any atom is 0.338 e. The van der Waals surface area contributed by atoms with Crippen LogP contribution in [0.15, 0.2) is 78.3 Å². The molecular formula is C27H30N2O4. The van der Waals surface area contributed by atoms with Crippen molar-refractivity contribution >= 4 is 11.9 Å². The second-order valence-electron chi connectivity index (χ2n) is 8.67. The van der Waals surface area contributed by atoms with E-state index in [2.05, 4.69) is 19.2 Å². The molecule has 0 bridgehead atoms. The van der Waals surface area contributed by atoms with Crippen LogP contribution < -0.4 is 5.32 Å². The van der Waals surface area contributed by atoms with Crippen molar-refractivity contribution in [3.8, 4) is 11.1 Å². The molecule has 1 amide bonds. The smallest absolute Gasteiger partial charge is 0.338 e. The number of hydrogen-bond donors (Lipinski definition) is 1. The van der Waals surface area contributed by atoms with Gasteiger partial charge in [-0.1, -0.05) is 56.3 Å². The van der Waals surface area contributed by atoms with E-state index in [1.54, 1.807) is 19.1 Å². The number of esters is 1. The van der Waals surface area contributed by atoms with Crippen LogP contribution in [0.2, 0.25) is 0 Å². The zero-order valence-electron chi connectivity index (χ0n) is 19.4. The standard InChI is InChI=1S/C27H30N2O4/c1-5-24-28-25(30)17(2)15-29(24)26-19(4)18(3)23(33-26)16-32-27(31)22-13-11-21(12-14-22)20-9-7-6-8-10-20/h5-15,18-19,23,26H,16H2,1-4H3,(H,28,30). The van der Waals surface area contributed by atoms with Gasteiger partial charge in [-0.05, 0) is 49.1 Å². The van der Waals surface area contributed by atoms with Gasteiger partial charge in [-0.3, -0.25) is 4.79 Å². The number of benzene rings is 2. The Labute approximate surface area is 194 Å². The molecule has 4 atom stereocenters. The molecule has 6 heteroatoms. The van der Waals surface area contributed by atoms with E-state index in [-0.39, 0.29) is 42.7 Å². The highest BCUT2D eigenvalue weighted by Gasteiger charge is 2.43. The second-order valence-corrected chi connectivity index (χ2v) is 8.67. The molecule has 0 saturated carbocycles. The lowest BCUT2D eigenvalue weighted by molar-refractivity contribution is -0.119. The van der Waals surface area contributed by atoms with Gasteiger partial charge in [0.1, 0.15) is 18.7 Å². The Balaban J connectivity index is 1.39. The predicted octanol–water partition coefficient (Wildman–Crippen LogP) is 4.70. The first-order valence-electron chi connectivity index (χ1n) is 11.3. The number of carbonyl (C=O) groups is 2. The molecule has 2 aromatic rings. The van der Waals surface area contributed by atoms with Gasteiger partial charge in [-0.15, -0.1) is 0 Å². The van der Waals surface area contributed by atoms with E-state index in [9.17, 15) is 9.59 Å². The van der Waals surface area contributed by atoms with Crippen molar-refractivity contribution in [2.75, 3.05) is 6.61 Å². The fourth-order valence-corrected chi connectivity index (χ4v) is 4.25. The van der Waals surface area contributed by atoms with E-state index in [4.69, 9.17) is 9.47 Å². The molecular weight excluding hydrogens is 416 g/mol. The highest BCUT2D eigenvalue weighted by atomic mass is 16.6. The van der Waals surface area contributed by atoms with Crippen LogP contribution in [0.4, 0.5) is 0 Å². The van der Waals surface area contributed by atoms with Gasteiger partial charge in [0, 0.05) is 17.7 Å². The van der Waals surface area contributed by atoms with Crippen molar-refractivity contribution in [2.24, 2.45) is 11.8 Å². The summed E-state index contributed by atoms with van der Waals surface area (Å²) in [7, 11) is 0. The molecule has 0 aromatic heterocycles. The fourth-order valence-electron chi connectivity index (χ4n) is 4.25. The highest BCUT2D eigenvalue weighted by molar-refractivity contribution is 5.94. The van der Waals surface area contributed by atoms with Crippen LogP contribution in [-0.2, 0) is 14.3 Å². The molecule has 2 aromatic carbocycles. The number of nitrogens with zero attached hydrogens (tertiary/aromatic N) is 1. The largest absolute Gasteiger partial charge is 0.459 e. The molecule has 172 valence electrons. The van der Waals surface area contributed by atoms with Gasteiger partial charge < -0.3 is 19.7 Å². The van der Waals surface area contributed by atoms with Crippen molar-refractivity contribution in [1.29, 1.82) is 0 Å². The Morgan fingerprint density at radius 2 is 1.73 bits per heavy atom. The number of carbonyl (C=O) groups excluding carboxylic acids is 2. The highest BCUT2D eigenvalue weighted by Crippen LogP contribution is 2.36. The summed E-state index contributed by atoms with van der Waals surface area (Å²) in [5.41, 5.74) is 3.29. The topological polar surface area (TPSA) is 67.9 Å². The van der Waals surface area contributed by atoms with E-state index in [0.29, 0.717) is 17.0 Å². The zero-order valence-corrected chi connectivity index (χ0v) is 19.4. The van der Waals surface area contributed by atoms with Gasteiger partial charge in [-0.2, -0.15) is 0 Å². The van der Waals surface area contributed by atoms with E-state index in [0.717, 1.165) is 11.1 Å². The summed E-state index contributed by atoms with van der Waals surface area (Å²) < 4.78 is 11.9. The van der Waals surface area contributed by atoms with Gasteiger partial charge in [0.15, 0.2) is 0 Å². The number of allylic oxidation sites excluding steroid dienone is 1. The van der Waals surface area contributed by atoms with Crippen LogP contribution in [0, 0.1) is 11.8 Å². The van der Waals surface area contributed by atoms with E-state index in [1.165, 1.54) is 0 Å². The molecule has 4 rings (SSSR count). The van der Waals surface area contributed by atoms with Crippen molar-refractivity contribution < 1.29 is 19.1 Å². The van der Waals surface area contributed by atoms with Gasteiger partial charge in [0.05, 0.1) is 11.7 Å². The average Bonchev–Trinajstić information content (AvgIpc) is 3.13. The van der Waals surface area contributed by atoms with Crippen LogP contribution in [0.5, 0.6) is 0 Å². The molecule has 1 fully saturated rings. The Bertz CT molecular complexity index is 1080. The molecule has 2 heterocycles. The monoisotopic (exact) mass is 446 g/mol. The molecule has 1 N–H and O–H groups in total. The van der Waals surface area contributed by atoms with E-state index in [1.807, 2.05) is 66.6 Å². The first-order valence-corrected chi connectivity index (χ1v) is 11.3. The maximum absolute atomic E-state index is 12.6. The molecule has 33 heavy (non-hydrogen) atoms. The molecule has 2 aliphatic rings. The maximum atomic E-state index is 12.6. The Morgan fingerprint density at radius 1 is 1.06 bits per heavy atom. The first kappa shape index (κ1) is 22.8. The van der Waals surface area contributed by atoms with Crippen LogP contribution in [0.3, 0.4) is 0 Å². The normalized spacial score (nSPS) is 26.2. The Kier molecular flexibility index (Phi) is 6.65. The zero-order chi connectivity index (χ0) is 23.5. The van der Waals surface area contributed by atoms with Gasteiger partial charge in [0.25, 0.3) is 5.91 Å². The summed E-state index contributed by atoms with van der Waals surface area (Å²) in [6.07, 6.45) is 3.19. The number of ether oxygens (including phenoxy) is 2. The first-order chi connectivity index (χ1) is 15.9. The number of nitrogens with one attached hydrogen (secondary N) is 1. The summed E-state index contributed by atoms with van der Waals surface area (Å²) in [6.45, 7) is 8.05. The van der Waals surface area contributed by atoms with Crippen molar-refractivity contribution in [3.63, 3.8) is 0 Å².